The van der Waals surface area contributed by atoms with Gasteiger partial charge in [0.25, 0.3) is 11.8 Å². The van der Waals surface area contributed by atoms with E-state index in [1.807, 2.05) is 24.3 Å². The average Bonchev–Trinajstić information content (AvgIpc) is 3.03. The number of ether oxygens (including phenoxy) is 2. The average molecular weight is 581 g/mol. The highest BCUT2D eigenvalue weighted by molar-refractivity contribution is 5.92. The van der Waals surface area contributed by atoms with Gasteiger partial charge in [-0.2, -0.15) is 0 Å². The van der Waals surface area contributed by atoms with Crippen molar-refractivity contribution in [1.82, 2.24) is 10.6 Å². The number of halogens is 2. The van der Waals surface area contributed by atoms with Crippen LogP contribution in [0.1, 0.15) is 23.0 Å². The van der Waals surface area contributed by atoms with Crippen LogP contribution in [0, 0.1) is 0 Å². The minimum Gasteiger partial charge on any atom is -0.497 e. The third-order valence-electron chi connectivity index (χ3n) is 7.37. The Bertz CT molecular complexity index is 1430. The van der Waals surface area contributed by atoms with Crippen LogP contribution in [0.4, 0.5) is 8.78 Å². The molecule has 0 heterocycles. The lowest BCUT2D eigenvalue weighted by atomic mass is 9.93. The molecule has 4 atom stereocenters. The number of hydrogen-bond acceptors (Lipinski definition) is 6. The summed E-state index contributed by atoms with van der Waals surface area (Å²) in [7, 11) is 3.06. The maximum atomic E-state index is 14.8. The topological polar surface area (TPSA) is 117 Å². The molecule has 0 radical (unpaired) electrons. The molecule has 0 aliphatic heterocycles. The second-order valence-electron chi connectivity index (χ2n) is 9.92. The van der Waals surface area contributed by atoms with Crippen molar-refractivity contribution in [2.45, 2.75) is 24.2 Å². The summed E-state index contributed by atoms with van der Waals surface area (Å²) in [5.74, 6) is -2.65. The van der Waals surface area contributed by atoms with Gasteiger partial charge in [0.1, 0.15) is 11.5 Å². The summed E-state index contributed by atoms with van der Waals surface area (Å²) >= 11 is 0. The fourth-order valence-corrected chi connectivity index (χ4v) is 4.97. The van der Waals surface area contributed by atoms with E-state index in [0.29, 0.717) is 22.6 Å². The van der Waals surface area contributed by atoms with Gasteiger partial charge in [0.05, 0.1) is 27.4 Å². The summed E-state index contributed by atoms with van der Waals surface area (Å²) in [6, 6.07) is 21.8. The van der Waals surface area contributed by atoms with Crippen molar-refractivity contribution in [3.8, 4) is 11.5 Å². The number of benzene rings is 4. The van der Waals surface area contributed by atoms with Crippen LogP contribution in [0.15, 0.2) is 72.8 Å². The second kappa shape index (κ2) is 14.1. The Kier molecular flexibility index (Phi) is 10.3. The van der Waals surface area contributed by atoms with Gasteiger partial charge in [-0.15, -0.1) is 0 Å². The molecule has 0 bridgehead atoms. The van der Waals surface area contributed by atoms with Crippen LogP contribution in [-0.2, 0) is 9.59 Å². The van der Waals surface area contributed by atoms with Crippen LogP contribution in [0.25, 0.3) is 21.5 Å². The van der Waals surface area contributed by atoms with E-state index in [1.165, 1.54) is 14.2 Å². The molecule has 0 spiro atoms. The molecule has 4 unspecified atom stereocenters. The Morgan fingerprint density at radius 1 is 0.690 bits per heavy atom. The van der Waals surface area contributed by atoms with E-state index in [2.05, 4.69) is 10.6 Å². The van der Waals surface area contributed by atoms with Gasteiger partial charge in [-0.1, -0.05) is 48.5 Å². The van der Waals surface area contributed by atoms with Crippen LogP contribution in [0.5, 0.6) is 11.5 Å². The largest absolute Gasteiger partial charge is 0.497 e. The zero-order chi connectivity index (χ0) is 30.2. The quantitative estimate of drug-likeness (QED) is 0.191. The van der Waals surface area contributed by atoms with Gasteiger partial charge >= 0.3 is 0 Å². The highest BCUT2D eigenvalue weighted by Crippen LogP contribution is 2.30. The molecular weight excluding hydrogens is 546 g/mol. The van der Waals surface area contributed by atoms with Gasteiger partial charge in [0, 0.05) is 24.9 Å². The first kappa shape index (κ1) is 30.7. The molecular formula is C32H34F2N2O6. The van der Waals surface area contributed by atoms with Crippen LogP contribution >= 0.6 is 0 Å². The Morgan fingerprint density at radius 3 is 1.45 bits per heavy atom. The number of nitrogens with one attached hydrogen (secondary N) is 2. The lowest BCUT2D eigenvalue weighted by molar-refractivity contribution is -0.137. The lowest BCUT2D eigenvalue weighted by Crippen LogP contribution is -2.47. The fourth-order valence-electron chi connectivity index (χ4n) is 4.97. The summed E-state index contributed by atoms with van der Waals surface area (Å²) in [5, 5.41) is 28.0. The van der Waals surface area contributed by atoms with Gasteiger partial charge in [-0.3, -0.25) is 9.59 Å². The number of rotatable bonds is 13. The highest BCUT2D eigenvalue weighted by Gasteiger charge is 2.34. The third-order valence-corrected chi connectivity index (χ3v) is 7.37. The van der Waals surface area contributed by atoms with Crippen LogP contribution < -0.4 is 20.1 Å². The van der Waals surface area contributed by atoms with Gasteiger partial charge in [0.15, 0.2) is 0 Å². The number of aliphatic hydroxyl groups excluding tert-OH is 2. The van der Waals surface area contributed by atoms with E-state index >= 15 is 0 Å². The van der Waals surface area contributed by atoms with Crippen LogP contribution in [-0.4, -0.2) is 74.9 Å². The zero-order valence-electron chi connectivity index (χ0n) is 23.3. The van der Waals surface area contributed by atoms with Gasteiger partial charge in [-0.05, 0) is 56.9 Å². The number of carbonyl (C=O) groups is 2. The van der Waals surface area contributed by atoms with Gasteiger partial charge < -0.3 is 30.3 Å². The minimum absolute atomic E-state index is 0.183. The highest BCUT2D eigenvalue weighted by atomic mass is 19.2. The van der Waals surface area contributed by atoms with Gasteiger partial charge in [-0.25, -0.2) is 8.78 Å². The Hall–Kier alpha value is -4.28. The van der Waals surface area contributed by atoms with Crippen molar-refractivity contribution in [2.75, 3.05) is 40.5 Å². The number of aliphatic hydroxyl groups is 2. The SMILES string of the molecule is COc1ccc2cccc(C(CO)CNC(=O)C(F)C(F)C(=O)NCC(CO)c3cccc4ccc(OC)cc34)c2c1. The predicted molar refractivity (Wildman–Crippen MR) is 156 cm³/mol. The van der Waals surface area contributed by atoms with E-state index in [0.717, 1.165) is 21.5 Å². The van der Waals surface area contributed by atoms with E-state index in [1.54, 1.807) is 48.5 Å². The maximum Gasteiger partial charge on any atom is 0.258 e. The van der Waals surface area contributed by atoms with Crippen molar-refractivity contribution in [3.63, 3.8) is 0 Å². The van der Waals surface area contributed by atoms with E-state index in [-0.39, 0.29) is 26.3 Å². The molecule has 4 N–H and O–H groups in total. The monoisotopic (exact) mass is 580 g/mol. The molecule has 0 aliphatic carbocycles. The third kappa shape index (κ3) is 6.78. The first-order chi connectivity index (χ1) is 20.3. The molecule has 0 saturated carbocycles. The molecule has 10 heteroatoms. The zero-order valence-corrected chi connectivity index (χ0v) is 23.3. The van der Waals surface area contributed by atoms with Crippen molar-refractivity contribution in [2.24, 2.45) is 0 Å². The Morgan fingerprint density at radius 2 is 1.10 bits per heavy atom. The Labute approximate surface area is 242 Å². The summed E-state index contributed by atoms with van der Waals surface area (Å²) in [4.78, 5) is 24.9. The van der Waals surface area contributed by atoms with E-state index in [4.69, 9.17) is 9.47 Å². The standard InChI is InChI=1S/C32H34F2N2O6/c1-41-23-11-9-19-5-3-7-25(27(19)13-23)21(17-37)15-35-31(39)29(33)30(34)32(40)36-16-22(18-38)26-8-4-6-20-10-12-24(42-2)14-28(20)26/h3-14,21-22,29-30,37-38H,15-18H2,1-2H3,(H,35,39)(H,36,40). The number of methoxy groups -OCH3 is 2. The molecule has 222 valence electrons. The molecule has 8 nitrogen and oxygen atoms in total. The van der Waals surface area contributed by atoms with E-state index < -0.39 is 36.0 Å². The molecule has 0 aromatic heterocycles. The molecule has 4 aromatic rings. The molecule has 4 rings (SSSR count). The number of hydrogen-bond donors (Lipinski definition) is 4. The molecule has 0 saturated heterocycles. The Balaban J connectivity index is 1.38. The number of alkyl halides is 2. The molecule has 4 aromatic carbocycles. The lowest BCUT2D eigenvalue weighted by Gasteiger charge is -2.21. The fraction of sp³-hybridized carbons (Fsp3) is 0.312. The predicted octanol–water partition coefficient (Wildman–Crippen LogP) is 3.77. The van der Waals surface area contributed by atoms with E-state index in [9.17, 15) is 28.6 Å². The normalized spacial score (nSPS) is 14.1. The summed E-state index contributed by atoms with van der Waals surface area (Å²) < 4.78 is 40.1. The number of fused-ring (bicyclic) bond motifs is 2. The first-order valence-electron chi connectivity index (χ1n) is 13.5. The van der Waals surface area contributed by atoms with Crippen LogP contribution in [0.3, 0.4) is 0 Å². The minimum atomic E-state index is -2.77. The number of carbonyl (C=O) groups excluding carboxylic acids is 2. The maximum absolute atomic E-state index is 14.8. The molecule has 2 amide bonds. The van der Waals surface area contributed by atoms with Crippen LogP contribution in [0.2, 0.25) is 0 Å². The smallest absolute Gasteiger partial charge is 0.258 e. The van der Waals surface area contributed by atoms with Crippen molar-refractivity contribution in [1.29, 1.82) is 0 Å². The van der Waals surface area contributed by atoms with Gasteiger partial charge in [0.2, 0.25) is 12.3 Å². The summed E-state index contributed by atoms with van der Waals surface area (Å²) in [6.07, 6.45) is -5.54. The summed E-state index contributed by atoms with van der Waals surface area (Å²) in [6.45, 7) is -1.10. The van der Waals surface area contributed by atoms with Crippen molar-refractivity contribution < 1.29 is 38.1 Å². The van der Waals surface area contributed by atoms with Crippen molar-refractivity contribution in [3.05, 3.63) is 83.9 Å². The number of amides is 2. The van der Waals surface area contributed by atoms with Crippen molar-refractivity contribution >= 4 is 33.4 Å². The first-order valence-corrected chi connectivity index (χ1v) is 13.5. The molecule has 42 heavy (non-hydrogen) atoms. The molecule has 0 fully saturated rings. The summed E-state index contributed by atoms with van der Waals surface area (Å²) in [5.41, 5.74) is 1.39. The second-order valence-corrected chi connectivity index (χ2v) is 9.92. The molecule has 0 aliphatic rings.